The normalized spacial score (nSPS) is 14.0. The van der Waals surface area contributed by atoms with Gasteiger partial charge in [-0.2, -0.15) is 46.2 Å². The lowest BCUT2D eigenvalue weighted by molar-refractivity contribution is -0.177. The van der Waals surface area contributed by atoms with Crippen molar-refractivity contribution in [2.45, 2.75) is 11.7 Å². The molecule has 3 heterocycles. The molecule has 0 aliphatic rings. The third kappa shape index (κ3) is 2.10. The van der Waals surface area contributed by atoms with E-state index in [0.29, 0.717) is 0 Å². The second kappa shape index (κ2) is 6.04. The number of hydrogen-bond donors (Lipinski definition) is 7. The van der Waals surface area contributed by atoms with Crippen molar-refractivity contribution in [2.75, 3.05) is 13.2 Å². The number of nitrogens with zero attached hydrogens (tertiary/aromatic N) is 6. The molecule has 13 heteroatoms. The summed E-state index contributed by atoms with van der Waals surface area (Å²) in [6.45, 7) is -1.68. The summed E-state index contributed by atoms with van der Waals surface area (Å²) in [5.74, 6) is 0. The van der Waals surface area contributed by atoms with Gasteiger partial charge < -0.3 is 20.4 Å². The van der Waals surface area contributed by atoms with Gasteiger partial charge in [0.15, 0.2) is 5.60 Å². The lowest BCUT2D eigenvalue weighted by Gasteiger charge is -2.44. The van der Waals surface area contributed by atoms with Crippen LogP contribution in [0.15, 0.2) is 18.6 Å². The van der Waals surface area contributed by atoms with Crippen LogP contribution in [-0.4, -0.2) is 79.9 Å². The molecule has 0 aliphatic carbocycles. The summed E-state index contributed by atoms with van der Waals surface area (Å²) >= 11 is 0. The number of H-pyrrole nitrogens is 3. The maximum atomic E-state index is 11.4. The maximum absolute atomic E-state index is 11.4. The predicted octanol–water partition coefficient (Wildman–Crippen LogP) is -3.02. The van der Waals surface area contributed by atoms with Gasteiger partial charge in [-0.15, -0.1) is 0 Å². The molecule has 3 rings (SSSR count). The van der Waals surface area contributed by atoms with Gasteiger partial charge in [-0.3, -0.25) is 0 Å². The molecule has 1 unspecified atom stereocenters. The molecule has 0 saturated carbocycles. The smallest absolute Gasteiger partial charge is 0.168 e. The van der Waals surface area contributed by atoms with E-state index in [9.17, 15) is 20.4 Å². The lowest BCUT2D eigenvalue weighted by atomic mass is 9.65. The summed E-state index contributed by atoms with van der Waals surface area (Å²) < 4.78 is 0. The Hall–Kier alpha value is -2.74. The first-order valence-corrected chi connectivity index (χ1v) is 6.80. The van der Waals surface area contributed by atoms with Gasteiger partial charge >= 0.3 is 0 Å². The Labute approximate surface area is 133 Å². The molecule has 7 N–H and O–H groups in total. The van der Waals surface area contributed by atoms with Crippen molar-refractivity contribution in [3.63, 3.8) is 0 Å². The van der Waals surface area contributed by atoms with E-state index in [4.69, 9.17) is 0 Å². The summed E-state index contributed by atoms with van der Waals surface area (Å²) in [5.41, 5.74) is -4.38. The van der Waals surface area contributed by atoms with E-state index in [2.05, 4.69) is 46.2 Å². The Morgan fingerprint density at radius 2 is 1.38 bits per heavy atom. The van der Waals surface area contributed by atoms with Crippen molar-refractivity contribution in [1.29, 1.82) is 0 Å². The highest BCUT2D eigenvalue weighted by molar-refractivity contribution is 5.30. The second-order valence-electron chi connectivity index (χ2n) is 5.19. The van der Waals surface area contributed by atoms with Gasteiger partial charge in [0.05, 0.1) is 37.2 Å². The molecular formula is C11H15N9O4. The van der Waals surface area contributed by atoms with Crippen LogP contribution in [0.25, 0.3) is 0 Å². The molecule has 128 valence electrons. The average Bonchev–Trinajstić information content (AvgIpc) is 3.39. The number of rotatable bonds is 7. The number of aliphatic hydroxyl groups excluding tert-OH is 3. The highest BCUT2D eigenvalue weighted by Crippen LogP contribution is 2.50. The van der Waals surface area contributed by atoms with Gasteiger partial charge in [0, 0.05) is 0 Å². The molecule has 1 atom stereocenters. The van der Waals surface area contributed by atoms with Crippen LogP contribution in [-0.2, 0) is 5.60 Å². The standard InChI is InChI=1S/C11H15N9O4/c21-4-10(5-22,9(23)6-1-12-18-15-6)11(24,7-2-13-19-16-7)8-3-14-20-17-8/h1-3,9,21-24H,4-5H2,(H,12,15,18)(H,13,16,19)(H,14,17,20). The largest absolute Gasteiger partial charge is 0.395 e. The van der Waals surface area contributed by atoms with Crippen molar-refractivity contribution < 1.29 is 20.4 Å². The van der Waals surface area contributed by atoms with E-state index < -0.39 is 30.3 Å². The summed E-state index contributed by atoms with van der Waals surface area (Å²) in [6.07, 6.45) is 1.95. The topological polar surface area (TPSA) is 206 Å². The van der Waals surface area contributed by atoms with Gasteiger partial charge in [0.2, 0.25) is 0 Å². The van der Waals surface area contributed by atoms with Gasteiger partial charge in [-0.25, -0.2) is 0 Å². The van der Waals surface area contributed by atoms with Crippen LogP contribution >= 0.6 is 0 Å². The van der Waals surface area contributed by atoms with Crippen molar-refractivity contribution in [2.24, 2.45) is 5.41 Å². The zero-order valence-electron chi connectivity index (χ0n) is 12.2. The lowest BCUT2D eigenvalue weighted by Crippen LogP contribution is -2.55. The minimum absolute atomic E-state index is 0.00325. The molecule has 0 aliphatic heterocycles. The Morgan fingerprint density at radius 1 is 0.875 bits per heavy atom. The third-order valence-electron chi connectivity index (χ3n) is 4.09. The molecule has 0 bridgehead atoms. The molecule has 0 amide bonds. The van der Waals surface area contributed by atoms with Gasteiger partial charge in [0.25, 0.3) is 0 Å². The van der Waals surface area contributed by atoms with E-state index >= 15 is 0 Å². The van der Waals surface area contributed by atoms with Gasteiger partial charge in [0.1, 0.15) is 23.2 Å². The fourth-order valence-electron chi connectivity index (χ4n) is 2.67. The fraction of sp³-hybridized carbons (Fsp3) is 0.455. The summed E-state index contributed by atoms with van der Waals surface area (Å²) in [7, 11) is 0. The Balaban J connectivity index is 2.23. The molecule has 24 heavy (non-hydrogen) atoms. The first-order chi connectivity index (χ1) is 11.6. The van der Waals surface area contributed by atoms with Crippen LogP contribution in [0.4, 0.5) is 0 Å². The zero-order valence-corrected chi connectivity index (χ0v) is 12.2. The van der Waals surface area contributed by atoms with Crippen molar-refractivity contribution in [3.8, 4) is 0 Å². The summed E-state index contributed by atoms with van der Waals surface area (Å²) in [4.78, 5) is 0. The SMILES string of the molecule is OCC(CO)(C(O)c1cn[nH]n1)C(O)(c1cn[nH]n1)c1cn[nH]n1. The monoisotopic (exact) mass is 337 g/mol. The predicted molar refractivity (Wildman–Crippen MR) is 73.7 cm³/mol. The van der Waals surface area contributed by atoms with Crippen LogP contribution in [0.1, 0.15) is 23.2 Å². The number of aromatic nitrogens is 9. The minimum Gasteiger partial charge on any atom is -0.395 e. The molecule has 0 aromatic carbocycles. The van der Waals surface area contributed by atoms with Gasteiger partial charge in [-0.1, -0.05) is 0 Å². The molecule has 3 aromatic rings. The number of nitrogens with one attached hydrogen (secondary N) is 3. The van der Waals surface area contributed by atoms with E-state index in [1.54, 1.807) is 0 Å². The molecule has 0 spiro atoms. The van der Waals surface area contributed by atoms with Crippen LogP contribution in [0.5, 0.6) is 0 Å². The highest BCUT2D eigenvalue weighted by Gasteiger charge is 2.60. The van der Waals surface area contributed by atoms with E-state index in [1.807, 2.05) is 0 Å². The molecule has 13 nitrogen and oxygen atoms in total. The third-order valence-corrected chi connectivity index (χ3v) is 4.09. The zero-order chi connectivity index (χ0) is 17.2. The summed E-state index contributed by atoms with van der Waals surface area (Å²) in [5, 5.41) is 71.4. The average molecular weight is 337 g/mol. The fourth-order valence-corrected chi connectivity index (χ4v) is 2.67. The van der Waals surface area contributed by atoms with Crippen LogP contribution in [0.3, 0.4) is 0 Å². The Bertz CT molecular complexity index is 704. The minimum atomic E-state index is -2.24. The number of aromatic amines is 3. The van der Waals surface area contributed by atoms with Crippen molar-refractivity contribution in [3.05, 3.63) is 35.7 Å². The highest BCUT2D eigenvalue weighted by atomic mass is 16.3. The maximum Gasteiger partial charge on any atom is 0.168 e. The number of aliphatic hydroxyl groups is 4. The van der Waals surface area contributed by atoms with E-state index in [0.717, 1.165) is 0 Å². The molecule has 0 radical (unpaired) electrons. The first-order valence-electron chi connectivity index (χ1n) is 6.80. The van der Waals surface area contributed by atoms with E-state index in [-0.39, 0.29) is 17.1 Å². The van der Waals surface area contributed by atoms with Crippen LogP contribution < -0.4 is 0 Å². The van der Waals surface area contributed by atoms with Crippen LogP contribution in [0.2, 0.25) is 0 Å². The molecular weight excluding hydrogens is 322 g/mol. The molecule has 0 fully saturated rings. The first kappa shape index (κ1) is 16.1. The molecule has 0 saturated heterocycles. The van der Waals surface area contributed by atoms with Crippen LogP contribution in [0, 0.1) is 5.41 Å². The van der Waals surface area contributed by atoms with Crippen molar-refractivity contribution in [1.82, 2.24) is 46.2 Å². The molecule has 3 aromatic heterocycles. The second-order valence-corrected chi connectivity index (χ2v) is 5.19. The van der Waals surface area contributed by atoms with Gasteiger partial charge in [-0.05, 0) is 0 Å². The Kier molecular flexibility index (Phi) is 4.06. The Morgan fingerprint density at radius 3 is 1.75 bits per heavy atom. The quantitative estimate of drug-likeness (QED) is 0.232. The van der Waals surface area contributed by atoms with E-state index in [1.165, 1.54) is 18.6 Å². The number of hydrogen-bond acceptors (Lipinski definition) is 10. The van der Waals surface area contributed by atoms with Crippen molar-refractivity contribution >= 4 is 0 Å². The summed E-state index contributed by atoms with van der Waals surface area (Å²) in [6, 6.07) is 0.